The van der Waals surface area contributed by atoms with Gasteiger partial charge in [0, 0.05) is 16.0 Å². The first-order valence-electron chi connectivity index (χ1n) is 8.30. The maximum Gasteiger partial charge on any atom is 0.304 e. The summed E-state index contributed by atoms with van der Waals surface area (Å²) in [5, 5.41) is 14.7. The average molecular weight is 401 g/mol. The molecule has 0 saturated carbocycles. The summed E-state index contributed by atoms with van der Waals surface area (Å²) in [5.41, 5.74) is 2.36. The highest BCUT2D eigenvalue weighted by Crippen LogP contribution is 2.30. The van der Waals surface area contributed by atoms with Crippen LogP contribution in [-0.2, 0) is 16.0 Å². The summed E-state index contributed by atoms with van der Waals surface area (Å²) < 4.78 is 0. The van der Waals surface area contributed by atoms with Gasteiger partial charge >= 0.3 is 5.97 Å². The number of anilines is 1. The molecule has 0 fully saturated rings. The molecule has 7 heteroatoms. The Morgan fingerprint density at radius 3 is 2.52 bits per heavy atom. The number of amides is 1. The molecule has 0 radical (unpaired) electrons. The maximum atomic E-state index is 12.6. The molecule has 138 valence electrons. The number of halogens is 1. The lowest BCUT2D eigenvalue weighted by atomic mass is 9.95. The number of hydrogen-bond acceptors (Lipinski definition) is 4. The number of nitrogens with zero attached hydrogens (tertiary/aromatic N) is 1. The van der Waals surface area contributed by atoms with Crippen molar-refractivity contribution in [2.75, 3.05) is 5.32 Å². The number of aromatic nitrogens is 1. The summed E-state index contributed by atoms with van der Waals surface area (Å²) >= 11 is 7.46. The van der Waals surface area contributed by atoms with Gasteiger partial charge in [0.1, 0.15) is 0 Å². The molecule has 1 heterocycles. The molecule has 0 aliphatic carbocycles. The van der Waals surface area contributed by atoms with Crippen molar-refractivity contribution in [2.45, 2.75) is 12.8 Å². The minimum Gasteiger partial charge on any atom is -0.481 e. The van der Waals surface area contributed by atoms with E-state index in [9.17, 15) is 9.59 Å². The molecule has 1 atom stereocenters. The second kappa shape index (κ2) is 8.79. The number of hydrogen-bond donors (Lipinski definition) is 2. The first kappa shape index (κ1) is 19.1. The van der Waals surface area contributed by atoms with E-state index >= 15 is 0 Å². The number of carboxylic acid groups (broad SMARTS) is 1. The quantitative estimate of drug-likeness (QED) is 0.600. The highest BCUT2D eigenvalue weighted by Gasteiger charge is 2.23. The van der Waals surface area contributed by atoms with E-state index in [0.29, 0.717) is 22.3 Å². The molecule has 2 aromatic carbocycles. The van der Waals surface area contributed by atoms with Crippen molar-refractivity contribution >= 4 is 39.9 Å². The highest BCUT2D eigenvalue weighted by atomic mass is 35.5. The smallest absolute Gasteiger partial charge is 0.304 e. The third-order valence-electron chi connectivity index (χ3n) is 4.00. The molecular formula is C20H17ClN2O3S. The third kappa shape index (κ3) is 5.15. The van der Waals surface area contributed by atoms with Crippen LogP contribution in [0, 0.1) is 5.92 Å². The first-order chi connectivity index (χ1) is 13.0. The Morgan fingerprint density at radius 1 is 1.11 bits per heavy atom. The van der Waals surface area contributed by atoms with E-state index in [-0.39, 0.29) is 12.3 Å². The number of carbonyl (C=O) groups is 2. The van der Waals surface area contributed by atoms with Gasteiger partial charge in [0.25, 0.3) is 0 Å². The summed E-state index contributed by atoms with van der Waals surface area (Å²) in [6, 6.07) is 16.7. The van der Waals surface area contributed by atoms with E-state index in [1.807, 2.05) is 48.5 Å². The van der Waals surface area contributed by atoms with Crippen LogP contribution in [0.5, 0.6) is 0 Å². The van der Waals surface area contributed by atoms with E-state index in [1.165, 1.54) is 11.3 Å². The molecule has 0 aliphatic rings. The lowest BCUT2D eigenvalue weighted by Crippen LogP contribution is -2.27. The molecule has 2 N–H and O–H groups in total. The second-order valence-corrected chi connectivity index (χ2v) is 7.26. The SMILES string of the molecule is O=C(O)C[C@H](Cc1ccccc1)C(=O)Nc1nc(-c2ccccc2Cl)cs1. The maximum absolute atomic E-state index is 12.6. The van der Waals surface area contributed by atoms with Crippen LogP contribution in [0.15, 0.2) is 60.0 Å². The number of aliphatic carboxylic acids is 1. The Hall–Kier alpha value is -2.70. The van der Waals surface area contributed by atoms with Gasteiger partial charge in [-0.2, -0.15) is 0 Å². The minimum atomic E-state index is -1.01. The van der Waals surface area contributed by atoms with E-state index in [0.717, 1.165) is 11.1 Å². The van der Waals surface area contributed by atoms with Crippen molar-refractivity contribution in [1.29, 1.82) is 0 Å². The fraction of sp³-hybridized carbons (Fsp3) is 0.150. The monoisotopic (exact) mass is 400 g/mol. The second-order valence-electron chi connectivity index (χ2n) is 5.99. The molecule has 0 saturated heterocycles. The molecule has 0 spiro atoms. The predicted molar refractivity (Wildman–Crippen MR) is 107 cm³/mol. The van der Waals surface area contributed by atoms with Gasteiger partial charge in [0.05, 0.1) is 18.0 Å². The zero-order chi connectivity index (χ0) is 19.2. The molecule has 0 unspecified atom stereocenters. The lowest BCUT2D eigenvalue weighted by Gasteiger charge is -2.14. The number of carboxylic acids is 1. The van der Waals surface area contributed by atoms with Crippen LogP contribution in [0.3, 0.4) is 0 Å². The van der Waals surface area contributed by atoms with Gasteiger partial charge in [-0.3, -0.25) is 9.59 Å². The summed E-state index contributed by atoms with van der Waals surface area (Å²) in [6.45, 7) is 0. The van der Waals surface area contributed by atoms with Crippen LogP contribution >= 0.6 is 22.9 Å². The van der Waals surface area contributed by atoms with Gasteiger partial charge in [-0.15, -0.1) is 11.3 Å². The van der Waals surface area contributed by atoms with Crippen LogP contribution in [0.1, 0.15) is 12.0 Å². The van der Waals surface area contributed by atoms with Gasteiger partial charge in [-0.1, -0.05) is 60.1 Å². The van der Waals surface area contributed by atoms with Crippen molar-refractivity contribution in [3.8, 4) is 11.3 Å². The Kier molecular flexibility index (Phi) is 6.21. The molecule has 0 bridgehead atoms. The van der Waals surface area contributed by atoms with Crippen molar-refractivity contribution in [3.63, 3.8) is 0 Å². The van der Waals surface area contributed by atoms with Crippen molar-refractivity contribution in [1.82, 2.24) is 4.98 Å². The van der Waals surface area contributed by atoms with Gasteiger partial charge in [0.15, 0.2) is 5.13 Å². The van der Waals surface area contributed by atoms with Crippen molar-refractivity contribution in [2.24, 2.45) is 5.92 Å². The highest BCUT2D eigenvalue weighted by molar-refractivity contribution is 7.14. The van der Waals surface area contributed by atoms with Crippen LogP contribution in [0.2, 0.25) is 5.02 Å². The van der Waals surface area contributed by atoms with Crippen LogP contribution in [0.25, 0.3) is 11.3 Å². The predicted octanol–water partition coefficient (Wildman–Crippen LogP) is 4.74. The topological polar surface area (TPSA) is 79.3 Å². The van der Waals surface area contributed by atoms with Crippen molar-refractivity contribution < 1.29 is 14.7 Å². The fourth-order valence-electron chi connectivity index (χ4n) is 2.70. The fourth-order valence-corrected chi connectivity index (χ4v) is 3.64. The largest absolute Gasteiger partial charge is 0.481 e. The Balaban J connectivity index is 1.74. The van der Waals surface area contributed by atoms with Crippen molar-refractivity contribution in [3.05, 3.63) is 70.6 Å². The van der Waals surface area contributed by atoms with E-state index in [1.54, 1.807) is 11.4 Å². The van der Waals surface area contributed by atoms with Crippen LogP contribution < -0.4 is 5.32 Å². The summed E-state index contributed by atoms with van der Waals surface area (Å²) in [7, 11) is 0. The third-order valence-corrected chi connectivity index (χ3v) is 5.09. The minimum absolute atomic E-state index is 0.247. The van der Waals surface area contributed by atoms with Gasteiger partial charge in [-0.25, -0.2) is 4.98 Å². The lowest BCUT2D eigenvalue weighted by molar-refractivity contribution is -0.140. The van der Waals surface area contributed by atoms with E-state index in [4.69, 9.17) is 16.7 Å². The molecule has 5 nitrogen and oxygen atoms in total. The summed E-state index contributed by atoms with van der Waals surface area (Å²) in [4.78, 5) is 28.2. The van der Waals surface area contributed by atoms with Gasteiger partial charge < -0.3 is 10.4 Å². The normalized spacial score (nSPS) is 11.7. The molecule has 1 amide bonds. The Morgan fingerprint density at radius 2 is 1.81 bits per heavy atom. The molecule has 3 aromatic rings. The summed E-state index contributed by atoms with van der Waals surface area (Å²) in [5.74, 6) is -2.05. The average Bonchev–Trinajstić information content (AvgIpc) is 3.10. The standard InChI is InChI=1S/C20H17ClN2O3S/c21-16-9-5-4-8-15(16)17-12-27-20(22-17)23-19(26)14(11-18(24)25)10-13-6-2-1-3-7-13/h1-9,12,14H,10-11H2,(H,24,25)(H,22,23,26)/t14-/m0/s1. The number of carbonyl (C=O) groups excluding carboxylic acids is 1. The van der Waals surface area contributed by atoms with Crippen LogP contribution in [0.4, 0.5) is 5.13 Å². The number of benzene rings is 2. The Bertz CT molecular complexity index is 943. The molecular weight excluding hydrogens is 384 g/mol. The number of thiazole rings is 1. The number of nitrogens with one attached hydrogen (secondary N) is 1. The first-order valence-corrected chi connectivity index (χ1v) is 9.55. The molecule has 3 rings (SSSR count). The molecule has 1 aromatic heterocycles. The van der Waals surface area contributed by atoms with E-state index < -0.39 is 11.9 Å². The van der Waals surface area contributed by atoms with Gasteiger partial charge in [-0.05, 0) is 18.1 Å². The Labute approximate surface area is 165 Å². The summed E-state index contributed by atoms with van der Waals surface area (Å²) in [6.07, 6.45) is 0.102. The number of rotatable bonds is 7. The van der Waals surface area contributed by atoms with Crippen LogP contribution in [-0.4, -0.2) is 22.0 Å². The zero-order valence-corrected chi connectivity index (χ0v) is 15.8. The van der Waals surface area contributed by atoms with E-state index in [2.05, 4.69) is 10.3 Å². The zero-order valence-electron chi connectivity index (χ0n) is 14.3. The van der Waals surface area contributed by atoms with Gasteiger partial charge in [0.2, 0.25) is 5.91 Å². The molecule has 0 aliphatic heterocycles. The molecule has 27 heavy (non-hydrogen) atoms.